The fourth-order valence-corrected chi connectivity index (χ4v) is 2.05. The van der Waals surface area contributed by atoms with Crippen molar-refractivity contribution in [3.05, 3.63) is 64.6 Å². The van der Waals surface area contributed by atoms with Gasteiger partial charge in [-0.2, -0.15) is 0 Å². The van der Waals surface area contributed by atoms with Crippen LogP contribution in [0.25, 0.3) is 0 Å². The molecule has 2 N–H and O–H groups in total. The number of aliphatic hydroxyl groups is 1. The number of benzene rings is 2. The van der Waals surface area contributed by atoms with Crippen molar-refractivity contribution in [1.29, 1.82) is 0 Å². The summed E-state index contributed by atoms with van der Waals surface area (Å²) in [4.78, 5) is 11.7. The van der Waals surface area contributed by atoms with Crippen LogP contribution in [0.4, 0.5) is 4.79 Å². The molecule has 0 heterocycles. The molecule has 0 spiro atoms. The van der Waals surface area contributed by atoms with Crippen molar-refractivity contribution in [2.24, 2.45) is 0 Å². The largest absolute Gasteiger partial charge is 0.412 e. The second kappa shape index (κ2) is 6.74. The summed E-state index contributed by atoms with van der Waals surface area (Å²) in [5.41, 5.74) is -0.457. The van der Waals surface area contributed by atoms with Crippen LogP contribution < -0.4 is 10.1 Å². The molecule has 2 aromatic rings. The quantitative estimate of drug-likeness (QED) is 0.888. The molecule has 4 nitrogen and oxygen atoms in total. The molecule has 0 aliphatic rings. The Morgan fingerprint density at radius 1 is 1.19 bits per heavy atom. The number of carbonyl (C=O) groups excluding carboxylic acids is 1. The molecule has 1 unspecified atom stereocenters. The molecule has 1 amide bonds. The average molecular weight is 350 g/mol. The van der Waals surface area contributed by atoms with E-state index in [-0.39, 0.29) is 6.54 Å². The monoisotopic (exact) mass is 349 g/mol. The fraction of sp³-hybridized carbons (Fsp3) is 0.188. The van der Waals surface area contributed by atoms with Crippen molar-refractivity contribution in [2.75, 3.05) is 6.54 Å². The van der Waals surface area contributed by atoms with Crippen LogP contribution in [0.1, 0.15) is 12.5 Å². The molecular formula is C16H16BrNO3. The third-order valence-electron chi connectivity index (χ3n) is 3.00. The van der Waals surface area contributed by atoms with E-state index < -0.39 is 11.7 Å². The van der Waals surface area contributed by atoms with Crippen LogP contribution in [0.3, 0.4) is 0 Å². The molecule has 5 heteroatoms. The highest BCUT2D eigenvalue weighted by atomic mass is 79.9. The van der Waals surface area contributed by atoms with Crippen LogP contribution in [0.5, 0.6) is 5.75 Å². The minimum absolute atomic E-state index is 0.0559. The van der Waals surface area contributed by atoms with E-state index in [1.54, 1.807) is 43.3 Å². The number of amides is 1. The molecule has 0 radical (unpaired) electrons. The summed E-state index contributed by atoms with van der Waals surface area (Å²) in [7, 11) is 0. The van der Waals surface area contributed by atoms with Gasteiger partial charge in [-0.05, 0) is 36.8 Å². The minimum Gasteiger partial charge on any atom is -0.410 e. The maximum absolute atomic E-state index is 11.7. The minimum atomic E-state index is -1.17. The zero-order chi connectivity index (χ0) is 15.3. The summed E-state index contributed by atoms with van der Waals surface area (Å²) in [6, 6.07) is 16.0. The van der Waals surface area contributed by atoms with Gasteiger partial charge in [0.15, 0.2) is 0 Å². The van der Waals surface area contributed by atoms with E-state index >= 15 is 0 Å². The Morgan fingerprint density at radius 3 is 2.43 bits per heavy atom. The molecule has 0 bridgehead atoms. The first kappa shape index (κ1) is 15.5. The summed E-state index contributed by atoms with van der Waals surface area (Å²) in [6.07, 6.45) is -0.599. The molecule has 0 aliphatic carbocycles. The van der Waals surface area contributed by atoms with Gasteiger partial charge in [0.1, 0.15) is 11.4 Å². The van der Waals surface area contributed by atoms with Crippen LogP contribution in [-0.4, -0.2) is 17.7 Å². The summed E-state index contributed by atoms with van der Waals surface area (Å²) >= 11 is 3.34. The lowest BCUT2D eigenvalue weighted by Crippen LogP contribution is -2.39. The third kappa shape index (κ3) is 4.58. The predicted molar refractivity (Wildman–Crippen MR) is 84.2 cm³/mol. The molecule has 0 aliphatic heterocycles. The van der Waals surface area contributed by atoms with Crippen molar-refractivity contribution in [1.82, 2.24) is 5.32 Å². The van der Waals surface area contributed by atoms with Crippen molar-refractivity contribution in [2.45, 2.75) is 12.5 Å². The molecule has 2 aromatic carbocycles. The summed E-state index contributed by atoms with van der Waals surface area (Å²) in [6.45, 7) is 1.69. The van der Waals surface area contributed by atoms with Gasteiger partial charge in [0, 0.05) is 4.47 Å². The number of para-hydroxylation sites is 1. The highest BCUT2D eigenvalue weighted by molar-refractivity contribution is 9.10. The first-order valence-corrected chi connectivity index (χ1v) is 7.26. The van der Waals surface area contributed by atoms with Crippen molar-refractivity contribution >= 4 is 22.0 Å². The van der Waals surface area contributed by atoms with Crippen molar-refractivity contribution in [3.63, 3.8) is 0 Å². The molecule has 2 rings (SSSR count). The standard InChI is InChI=1S/C16H16BrNO3/c1-16(20,12-7-9-13(17)10-8-12)11-18-15(19)21-14-5-3-2-4-6-14/h2-10,20H,11H2,1H3,(H,18,19). The number of carbonyl (C=O) groups is 1. The average Bonchev–Trinajstić information content (AvgIpc) is 2.47. The van der Waals surface area contributed by atoms with Gasteiger partial charge in [-0.3, -0.25) is 0 Å². The summed E-state index contributed by atoms with van der Waals surface area (Å²) in [5, 5.41) is 13.0. The van der Waals surface area contributed by atoms with Crippen LogP contribution in [0.2, 0.25) is 0 Å². The van der Waals surface area contributed by atoms with Gasteiger partial charge >= 0.3 is 6.09 Å². The van der Waals surface area contributed by atoms with E-state index in [1.807, 2.05) is 18.2 Å². The smallest absolute Gasteiger partial charge is 0.410 e. The van der Waals surface area contributed by atoms with E-state index in [4.69, 9.17) is 4.74 Å². The lowest BCUT2D eigenvalue weighted by molar-refractivity contribution is 0.0571. The molecule has 0 saturated heterocycles. The van der Waals surface area contributed by atoms with Crippen molar-refractivity contribution in [3.8, 4) is 5.75 Å². The van der Waals surface area contributed by atoms with Gasteiger partial charge in [0.25, 0.3) is 0 Å². The lowest BCUT2D eigenvalue weighted by atomic mass is 9.96. The second-order valence-electron chi connectivity index (χ2n) is 4.84. The Morgan fingerprint density at radius 2 is 1.81 bits per heavy atom. The first-order chi connectivity index (χ1) is 9.97. The Kier molecular flexibility index (Phi) is 4.98. The Hall–Kier alpha value is -1.85. The maximum Gasteiger partial charge on any atom is 0.412 e. The topological polar surface area (TPSA) is 58.6 Å². The van der Waals surface area contributed by atoms with Gasteiger partial charge < -0.3 is 15.2 Å². The zero-order valence-corrected chi connectivity index (χ0v) is 13.1. The molecule has 0 aromatic heterocycles. The van der Waals surface area contributed by atoms with Crippen LogP contribution in [0.15, 0.2) is 59.1 Å². The van der Waals surface area contributed by atoms with Gasteiger partial charge in [0.05, 0.1) is 6.54 Å². The highest BCUT2D eigenvalue weighted by Crippen LogP contribution is 2.22. The summed E-state index contributed by atoms with van der Waals surface area (Å²) < 4.78 is 6.03. The van der Waals surface area contributed by atoms with E-state index in [2.05, 4.69) is 21.2 Å². The molecule has 110 valence electrons. The van der Waals surface area contributed by atoms with E-state index in [0.717, 1.165) is 4.47 Å². The lowest BCUT2D eigenvalue weighted by Gasteiger charge is -2.24. The van der Waals surface area contributed by atoms with E-state index in [9.17, 15) is 9.90 Å². The summed E-state index contributed by atoms with van der Waals surface area (Å²) in [5.74, 6) is 0.457. The van der Waals surface area contributed by atoms with Gasteiger partial charge in [-0.25, -0.2) is 4.79 Å². The van der Waals surface area contributed by atoms with Crippen LogP contribution in [0, 0.1) is 0 Å². The number of halogens is 1. The van der Waals surface area contributed by atoms with Gasteiger partial charge in [-0.15, -0.1) is 0 Å². The maximum atomic E-state index is 11.7. The Labute approximate surface area is 131 Å². The third-order valence-corrected chi connectivity index (χ3v) is 3.53. The highest BCUT2D eigenvalue weighted by Gasteiger charge is 2.24. The number of rotatable bonds is 4. The predicted octanol–water partition coefficient (Wildman–Crippen LogP) is 3.45. The van der Waals surface area contributed by atoms with E-state index in [1.165, 1.54) is 0 Å². The number of hydrogen-bond donors (Lipinski definition) is 2. The number of ether oxygens (including phenoxy) is 1. The fourth-order valence-electron chi connectivity index (χ4n) is 1.79. The SMILES string of the molecule is CC(O)(CNC(=O)Oc1ccccc1)c1ccc(Br)cc1. The molecular weight excluding hydrogens is 334 g/mol. The molecule has 21 heavy (non-hydrogen) atoms. The second-order valence-corrected chi connectivity index (χ2v) is 5.75. The zero-order valence-electron chi connectivity index (χ0n) is 11.5. The number of hydrogen-bond acceptors (Lipinski definition) is 3. The molecule has 1 atom stereocenters. The van der Waals surface area contributed by atoms with Crippen LogP contribution >= 0.6 is 15.9 Å². The van der Waals surface area contributed by atoms with Crippen molar-refractivity contribution < 1.29 is 14.6 Å². The van der Waals surface area contributed by atoms with Gasteiger partial charge in [-0.1, -0.05) is 46.3 Å². The number of nitrogens with one attached hydrogen (secondary N) is 1. The van der Waals surface area contributed by atoms with E-state index in [0.29, 0.717) is 11.3 Å². The first-order valence-electron chi connectivity index (χ1n) is 6.46. The van der Waals surface area contributed by atoms with Crippen LogP contribution in [-0.2, 0) is 5.60 Å². The normalized spacial score (nSPS) is 13.3. The Bertz CT molecular complexity index is 597. The Balaban J connectivity index is 1.92. The molecule has 0 fully saturated rings. The van der Waals surface area contributed by atoms with Gasteiger partial charge in [0.2, 0.25) is 0 Å². The molecule has 0 saturated carbocycles.